The summed E-state index contributed by atoms with van der Waals surface area (Å²) < 4.78 is 23.5. The molecule has 0 aliphatic carbocycles. The normalized spacial score (nSPS) is 39.0. The highest BCUT2D eigenvalue weighted by Crippen LogP contribution is 2.41. The van der Waals surface area contributed by atoms with Crippen LogP contribution in [-0.2, 0) is 28.5 Å². The number of ether oxygens (including phenoxy) is 4. The Bertz CT molecular complexity index is 1060. The van der Waals surface area contributed by atoms with Gasteiger partial charge in [-0.15, -0.1) is 0 Å². The zero-order valence-electron chi connectivity index (χ0n) is 26.6. The Morgan fingerprint density at radius 2 is 1.89 bits per heavy atom. The van der Waals surface area contributed by atoms with Gasteiger partial charge in [0, 0.05) is 31.3 Å². The molecule has 44 heavy (non-hydrogen) atoms. The zero-order chi connectivity index (χ0) is 32.1. The first kappa shape index (κ1) is 35.9. The maximum atomic E-state index is 12.9. The van der Waals surface area contributed by atoms with Gasteiger partial charge in [0.15, 0.2) is 6.10 Å². The molecule has 9 nitrogen and oxygen atoms in total. The molecule has 0 aromatic rings. The summed E-state index contributed by atoms with van der Waals surface area (Å²) in [4.78, 5) is 24.6. The Kier molecular flexibility index (Phi) is 14.5. The Morgan fingerprint density at radius 3 is 2.64 bits per heavy atom. The predicted molar refractivity (Wildman–Crippen MR) is 167 cm³/mol. The van der Waals surface area contributed by atoms with Gasteiger partial charge in [0.25, 0.3) is 0 Å². The Hall–Kier alpha value is -2.56. The highest BCUT2D eigenvalue weighted by atomic mass is 16.6. The summed E-state index contributed by atoms with van der Waals surface area (Å²) in [5.74, 6) is -0.842. The summed E-state index contributed by atoms with van der Waals surface area (Å²) in [6, 6.07) is 0. The van der Waals surface area contributed by atoms with Crippen molar-refractivity contribution in [3.8, 4) is 0 Å². The second-order valence-electron chi connectivity index (χ2n) is 12.5. The van der Waals surface area contributed by atoms with Crippen molar-refractivity contribution in [2.75, 3.05) is 13.2 Å². The topological polar surface area (TPSA) is 132 Å². The Labute approximate surface area is 262 Å². The maximum Gasteiger partial charge on any atom is 0.335 e. The lowest BCUT2D eigenvalue weighted by molar-refractivity contribution is -0.198. The van der Waals surface area contributed by atoms with Crippen LogP contribution < -0.4 is 0 Å². The van der Waals surface area contributed by atoms with E-state index in [1.54, 1.807) is 25.2 Å². The van der Waals surface area contributed by atoms with Gasteiger partial charge in [-0.25, -0.2) is 9.59 Å². The molecule has 4 bridgehead atoms. The predicted octanol–water partition coefficient (Wildman–Crippen LogP) is 4.51. The molecule has 2 saturated heterocycles. The van der Waals surface area contributed by atoms with Gasteiger partial charge in [-0.1, -0.05) is 75.5 Å². The van der Waals surface area contributed by atoms with Gasteiger partial charge in [0.05, 0.1) is 49.1 Å². The molecule has 0 aromatic heterocycles. The minimum absolute atomic E-state index is 0.0312. The molecule has 246 valence electrons. The molecule has 3 rings (SSSR count). The van der Waals surface area contributed by atoms with E-state index in [4.69, 9.17) is 18.9 Å². The van der Waals surface area contributed by atoms with E-state index < -0.39 is 41.8 Å². The number of carbonyl (C=O) groups excluding carboxylic acids is 2. The standard InChI is InChI=1S/C35H52O9/c1-5-41-34(40)28(37)17-12-13-18-31-35(4,23-36)32-22-27(43-31)16-9-6-8-14-24(2)20-30-25(3)29(38)21-26(42-30)15-10-7-11-19-33(39)44-32/h7-14,16,19,24-32,36-38H,5-6,15,17-18,20-23H2,1-4H3/b10-7+,13-12-,14-8+,16-9+,19-11+/t24?,25-,26+,27-,28?,29+,30-,31+,32-,35+/m1/s1. The number of hydrogen-bond donors (Lipinski definition) is 3. The second-order valence-corrected chi connectivity index (χ2v) is 12.5. The summed E-state index contributed by atoms with van der Waals surface area (Å²) in [6.45, 7) is 7.66. The summed E-state index contributed by atoms with van der Waals surface area (Å²) in [5.41, 5.74) is -0.882. The summed E-state index contributed by atoms with van der Waals surface area (Å²) in [7, 11) is 0. The fourth-order valence-corrected chi connectivity index (χ4v) is 5.99. The SMILES string of the molecule is CCOC(=O)C(O)C/C=C\C[C@@H]1O[C@@H]2/C=C/C/C=C/C(C)C[C@H]3O[C@@H](C/C=C/C=C/C(=O)O[C@H](C2)[C@@]1(C)CO)C[C@H](O)[C@H]3C. The number of fused-ring (bicyclic) bond motifs is 4. The van der Waals surface area contributed by atoms with Crippen LogP contribution in [0.4, 0.5) is 0 Å². The number of allylic oxidation sites excluding steroid dienone is 5. The van der Waals surface area contributed by atoms with Crippen LogP contribution in [0.25, 0.3) is 0 Å². The van der Waals surface area contributed by atoms with Gasteiger partial charge in [-0.2, -0.15) is 0 Å². The van der Waals surface area contributed by atoms with Gasteiger partial charge in [-0.05, 0) is 38.5 Å². The number of hydrogen-bond acceptors (Lipinski definition) is 9. The Morgan fingerprint density at radius 1 is 1.11 bits per heavy atom. The molecule has 2 unspecified atom stereocenters. The Balaban J connectivity index is 1.77. The van der Waals surface area contributed by atoms with E-state index in [1.165, 1.54) is 6.08 Å². The van der Waals surface area contributed by atoms with Crippen molar-refractivity contribution in [3.05, 3.63) is 60.8 Å². The van der Waals surface area contributed by atoms with E-state index in [-0.39, 0.29) is 49.8 Å². The highest BCUT2D eigenvalue weighted by molar-refractivity contribution is 5.82. The molecule has 2 fully saturated rings. The van der Waals surface area contributed by atoms with E-state index in [0.29, 0.717) is 32.1 Å². The van der Waals surface area contributed by atoms with E-state index in [1.807, 2.05) is 38.2 Å². The van der Waals surface area contributed by atoms with E-state index in [9.17, 15) is 24.9 Å². The van der Waals surface area contributed by atoms with Crippen LogP contribution in [0.15, 0.2) is 60.8 Å². The van der Waals surface area contributed by atoms with Gasteiger partial charge in [-0.3, -0.25) is 0 Å². The third-order valence-corrected chi connectivity index (χ3v) is 8.93. The molecule has 0 amide bonds. The molecule has 9 heteroatoms. The molecule has 0 spiro atoms. The van der Waals surface area contributed by atoms with Crippen molar-refractivity contribution in [2.45, 2.75) is 115 Å². The molecule has 3 aliphatic rings. The second kappa shape index (κ2) is 17.8. The molecule has 0 saturated carbocycles. The molecule has 10 atom stereocenters. The van der Waals surface area contributed by atoms with Crippen molar-refractivity contribution in [2.24, 2.45) is 17.3 Å². The van der Waals surface area contributed by atoms with Gasteiger partial charge >= 0.3 is 11.9 Å². The fraction of sp³-hybridized carbons (Fsp3) is 0.657. The van der Waals surface area contributed by atoms with Gasteiger partial charge < -0.3 is 34.3 Å². The third-order valence-electron chi connectivity index (χ3n) is 8.93. The number of rotatable bonds is 7. The summed E-state index contributed by atoms with van der Waals surface area (Å²) >= 11 is 0. The smallest absolute Gasteiger partial charge is 0.335 e. The van der Waals surface area contributed by atoms with E-state index in [0.717, 1.165) is 6.42 Å². The third kappa shape index (κ3) is 10.5. The van der Waals surface area contributed by atoms with Gasteiger partial charge in [0.2, 0.25) is 0 Å². The van der Waals surface area contributed by atoms with E-state index in [2.05, 4.69) is 19.1 Å². The minimum atomic E-state index is -1.25. The molecular weight excluding hydrogens is 564 g/mol. The molecular formula is C35H52O9. The number of carbonyl (C=O) groups is 2. The van der Waals surface area contributed by atoms with Crippen molar-refractivity contribution in [1.29, 1.82) is 0 Å². The van der Waals surface area contributed by atoms with Crippen LogP contribution in [0.3, 0.4) is 0 Å². The quantitative estimate of drug-likeness (QED) is 0.279. The fourth-order valence-electron chi connectivity index (χ4n) is 5.99. The maximum absolute atomic E-state index is 12.9. The molecule has 3 N–H and O–H groups in total. The first-order valence-corrected chi connectivity index (χ1v) is 16.0. The summed E-state index contributed by atoms with van der Waals surface area (Å²) in [6.07, 6.45) is 18.9. The summed E-state index contributed by atoms with van der Waals surface area (Å²) in [5, 5.41) is 31.1. The lowest BCUT2D eigenvalue weighted by atomic mass is 9.73. The van der Waals surface area contributed by atoms with Crippen LogP contribution >= 0.6 is 0 Å². The van der Waals surface area contributed by atoms with Crippen molar-refractivity contribution >= 4 is 11.9 Å². The lowest BCUT2D eigenvalue weighted by Gasteiger charge is -2.47. The molecule has 0 radical (unpaired) electrons. The van der Waals surface area contributed by atoms with Crippen LogP contribution in [-0.4, -0.2) is 83.2 Å². The number of esters is 2. The molecule has 0 aromatic carbocycles. The van der Waals surface area contributed by atoms with Crippen molar-refractivity contribution in [1.82, 2.24) is 0 Å². The molecule has 3 aliphatic heterocycles. The lowest BCUT2D eigenvalue weighted by Crippen LogP contribution is -2.55. The van der Waals surface area contributed by atoms with Gasteiger partial charge in [0.1, 0.15) is 6.10 Å². The zero-order valence-corrected chi connectivity index (χ0v) is 26.6. The number of aliphatic hydroxyl groups is 3. The highest BCUT2D eigenvalue weighted by Gasteiger charge is 2.49. The molecule has 3 heterocycles. The largest absolute Gasteiger partial charge is 0.464 e. The van der Waals surface area contributed by atoms with Crippen LogP contribution in [0.1, 0.15) is 72.6 Å². The van der Waals surface area contributed by atoms with Crippen LogP contribution in [0.2, 0.25) is 0 Å². The van der Waals surface area contributed by atoms with E-state index >= 15 is 0 Å². The van der Waals surface area contributed by atoms with Crippen molar-refractivity contribution in [3.63, 3.8) is 0 Å². The van der Waals surface area contributed by atoms with Crippen molar-refractivity contribution < 1.29 is 43.9 Å². The average Bonchev–Trinajstić information content (AvgIpc) is 2.98. The number of aliphatic hydroxyl groups excluding tert-OH is 3. The average molecular weight is 617 g/mol. The first-order chi connectivity index (χ1) is 21.1. The van der Waals surface area contributed by atoms with Crippen LogP contribution in [0.5, 0.6) is 0 Å². The minimum Gasteiger partial charge on any atom is -0.464 e. The first-order valence-electron chi connectivity index (χ1n) is 16.0. The van der Waals surface area contributed by atoms with Crippen LogP contribution in [0, 0.1) is 17.3 Å². The monoisotopic (exact) mass is 616 g/mol.